The molecule has 0 spiro atoms. The van der Waals surface area contributed by atoms with Gasteiger partial charge in [0.2, 0.25) is 0 Å². The highest BCUT2D eigenvalue weighted by atomic mass is 16.6. The van der Waals surface area contributed by atoms with E-state index in [1.54, 1.807) is 0 Å². The Balaban J connectivity index is 2.58. The summed E-state index contributed by atoms with van der Waals surface area (Å²) in [6.07, 6.45) is -0.546. The third-order valence-corrected chi connectivity index (χ3v) is 2.25. The zero-order valence-electron chi connectivity index (χ0n) is 8.53. The Bertz CT molecular complexity index is 238. The van der Waals surface area contributed by atoms with E-state index >= 15 is 0 Å². The first kappa shape index (κ1) is 11.2. The predicted octanol–water partition coefficient (Wildman–Crippen LogP) is 0.767. The van der Waals surface area contributed by atoms with Crippen LogP contribution in [0.25, 0.3) is 0 Å². The Kier molecular flexibility index (Phi) is 4.05. The average Bonchev–Trinajstić information content (AvgIpc) is 2.19. The van der Waals surface area contributed by atoms with Crippen molar-refractivity contribution in [1.82, 2.24) is 0 Å². The number of rotatable bonds is 3. The van der Waals surface area contributed by atoms with Crippen LogP contribution in [-0.2, 0) is 14.3 Å². The molecule has 0 amide bonds. The van der Waals surface area contributed by atoms with E-state index in [-0.39, 0.29) is 18.3 Å². The molecule has 1 fully saturated rings. The summed E-state index contributed by atoms with van der Waals surface area (Å²) in [6.45, 7) is 4.96. The standard InChI is InChI=1S/C10H15NO3/c1-7(2)8(5-11)10(12)9-6-13-3-4-14-9/h7-9H,3-4,6H2,1-2H3. The van der Waals surface area contributed by atoms with Gasteiger partial charge in [-0.05, 0) is 5.92 Å². The maximum absolute atomic E-state index is 11.7. The van der Waals surface area contributed by atoms with Crippen molar-refractivity contribution in [2.45, 2.75) is 20.0 Å². The van der Waals surface area contributed by atoms with Crippen LogP contribution in [0, 0.1) is 23.2 Å². The van der Waals surface area contributed by atoms with Crippen LogP contribution in [-0.4, -0.2) is 31.7 Å². The summed E-state index contributed by atoms with van der Waals surface area (Å²) in [7, 11) is 0. The highest BCUT2D eigenvalue weighted by Crippen LogP contribution is 2.16. The summed E-state index contributed by atoms with van der Waals surface area (Å²) in [6, 6.07) is 2.01. The molecule has 1 saturated heterocycles. The summed E-state index contributed by atoms with van der Waals surface area (Å²) < 4.78 is 10.4. The first-order valence-corrected chi connectivity index (χ1v) is 4.79. The lowest BCUT2D eigenvalue weighted by Crippen LogP contribution is -2.40. The molecule has 2 atom stereocenters. The molecule has 0 N–H and O–H groups in total. The Morgan fingerprint density at radius 1 is 1.50 bits per heavy atom. The van der Waals surface area contributed by atoms with Crippen molar-refractivity contribution >= 4 is 5.78 Å². The number of nitrogens with zero attached hydrogens (tertiary/aromatic N) is 1. The van der Waals surface area contributed by atoms with Crippen LogP contribution in [0.5, 0.6) is 0 Å². The minimum atomic E-state index is -0.582. The molecule has 78 valence electrons. The number of Topliss-reactive ketones (excluding diaryl/α,β-unsaturated/α-hetero) is 1. The van der Waals surface area contributed by atoms with Crippen molar-refractivity contribution in [3.63, 3.8) is 0 Å². The van der Waals surface area contributed by atoms with E-state index in [0.29, 0.717) is 13.2 Å². The lowest BCUT2D eigenvalue weighted by molar-refractivity contribution is -0.148. The molecule has 0 aromatic heterocycles. The number of hydrogen-bond acceptors (Lipinski definition) is 4. The van der Waals surface area contributed by atoms with Gasteiger partial charge in [-0.1, -0.05) is 13.8 Å². The van der Waals surface area contributed by atoms with Gasteiger partial charge in [-0.15, -0.1) is 0 Å². The molecule has 1 heterocycles. The number of carbonyl (C=O) groups is 1. The summed E-state index contributed by atoms with van der Waals surface area (Å²) >= 11 is 0. The van der Waals surface area contributed by atoms with Crippen molar-refractivity contribution in [2.75, 3.05) is 19.8 Å². The van der Waals surface area contributed by atoms with Gasteiger partial charge in [0.15, 0.2) is 5.78 Å². The SMILES string of the molecule is CC(C)C(C#N)C(=O)C1COCCO1. The van der Waals surface area contributed by atoms with Crippen molar-refractivity contribution in [3.05, 3.63) is 0 Å². The second-order valence-electron chi connectivity index (χ2n) is 3.69. The third-order valence-electron chi connectivity index (χ3n) is 2.25. The monoisotopic (exact) mass is 197 g/mol. The van der Waals surface area contributed by atoms with E-state index in [0.717, 1.165) is 0 Å². The average molecular weight is 197 g/mol. The zero-order valence-corrected chi connectivity index (χ0v) is 8.53. The van der Waals surface area contributed by atoms with Crippen LogP contribution < -0.4 is 0 Å². The molecular weight excluding hydrogens is 182 g/mol. The second kappa shape index (κ2) is 5.08. The molecule has 4 heteroatoms. The maximum Gasteiger partial charge on any atom is 0.181 e. The first-order valence-electron chi connectivity index (χ1n) is 4.79. The lowest BCUT2D eigenvalue weighted by atomic mass is 9.90. The van der Waals surface area contributed by atoms with E-state index in [9.17, 15) is 4.79 Å². The summed E-state index contributed by atoms with van der Waals surface area (Å²) in [5.74, 6) is -0.707. The quantitative estimate of drug-likeness (QED) is 0.670. The molecule has 1 aliphatic rings. The van der Waals surface area contributed by atoms with Crippen LogP contribution in [0.15, 0.2) is 0 Å². The number of carbonyl (C=O) groups excluding carboxylic acids is 1. The van der Waals surface area contributed by atoms with Crippen LogP contribution in [0.1, 0.15) is 13.8 Å². The van der Waals surface area contributed by atoms with Gasteiger partial charge in [0.25, 0.3) is 0 Å². The van der Waals surface area contributed by atoms with Gasteiger partial charge in [-0.3, -0.25) is 4.79 Å². The minimum Gasteiger partial charge on any atom is -0.376 e. The fourth-order valence-electron chi connectivity index (χ4n) is 1.39. The van der Waals surface area contributed by atoms with Gasteiger partial charge >= 0.3 is 0 Å². The molecule has 0 saturated carbocycles. The van der Waals surface area contributed by atoms with Gasteiger partial charge in [-0.2, -0.15) is 5.26 Å². The highest BCUT2D eigenvalue weighted by Gasteiger charge is 2.31. The normalized spacial score (nSPS) is 24.3. The Morgan fingerprint density at radius 2 is 2.21 bits per heavy atom. The summed E-state index contributed by atoms with van der Waals surface area (Å²) in [5.41, 5.74) is 0. The fraction of sp³-hybridized carbons (Fsp3) is 0.800. The molecule has 14 heavy (non-hydrogen) atoms. The first-order chi connectivity index (χ1) is 6.66. The number of ether oxygens (including phenoxy) is 2. The van der Waals surface area contributed by atoms with Crippen molar-refractivity contribution in [3.8, 4) is 6.07 Å². The van der Waals surface area contributed by atoms with Gasteiger partial charge in [0.05, 0.1) is 25.9 Å². The molecule has 0 radical (unpaired) electrons. The Morgan fingerprint density at radius 3 is 2.64 bits per heavy atom. The molecule has 0 aromatic rings. The number of ketones is 1. The van der Waals surface area contributed by atoms with E-state index < -0.39 is 12.0 Å². The molecule has 0 aliphatic carbocycles. The fourth-order valence-corrected chi connectivity index (χ4v) is 1.39. The molecule has 1 aliphatic heterocycles. The van der Waals surface area contributed by atoms with Crippen molar-refractivity contribution in [1.29, 1.82) is 5.26 Å². The topological polar surface area (TPSA) is 59.3 Å². The molecule has 4 nitrogen and oxygen atoms in total. The number of hydrogen-bond donors (Lipinski definition) is 0. The molecular formula is C10H15NO3. The van der Waals surface area contributed by atoms with E-state index in [2.05, 4.69) is 0 Å². The van der Waals surface area contributed by atoms with E-state index in [4.69, 9.17) is 14.7 Å². The van der Waals surface area contributed by atoms with Gasteiger partial charge < -0.3 is 9.47 Å². The van der Waals surface area contributed by atoms with Crippen LogP contribution in [0.4, 0.5) is 0 Å². The molecule has 0 aromatic carbocycles. The van der Waals surface area contributed by atoms with Crippen LogP contribution in [0.2, 0.25) is 0 Å². The van der Waals surface area contributed by atoms with Crippen LogP contribution >= 0.6 is 0 Å². The van der Waals surface area contributed by atoms with Crippen molar-refractivity contribution in [2.24, 2.45) is 11.8 Å². The maximum atomic E-state index is 11.7. The second-order valence-corrected chi connectivity index (χ2v) is 3.69. The largest absolute Gasteiger partial charge is 0.376 e. The predicted molar refractivity (Wildman–Crippen MR) is 49.5 cm³/mol. The van der Waals surface area contributed by atoms with Crippen LogP contribution in [0.3, 0.4) is 0 Å². The van der Waals surface area contributed by atoms with Gasteiger partial charge in [0.1, 0.15) is 12.0 Å². The summed E-state index contributed by atoms with van der Waals surface area (Å²) in [4.78, 5) is 11.7. The van der Waals surface area contributed by atoms with E-state index in [1.807, 2.05) is 19.9 Å². The molecule has 0 bridgehead atoms. The Labute approximate surface area is 83.8 Å². The third kappa shape index (κ3) is 2.53. The Hall–Kier alpha value is -0.920. The van der Waals surface area contributed by atoms with Crippen molar-refractivity contribution < 1.29 is 14.3 Å². The summed E-state index contributed by atoms with van der Waals surface area (Å²) in [5, 5.41) is 8.83. The zero-order chi connectivity index (χ0) is 10.6. The minimum absolute atomic E-state index is 0.0260. The lowest BCUT2D eigenvalue weighted by Gasteiger charge is -2.24. The number of nitriles is 1. The van der Waals surface area contributed by atoms with Gasteiger partial charge in [-0.25, -0.2) is 0 Å². The molecule has 1 rings (SSSR count). The highest BCUT2D eigenvalue weighted by molar-refractivity contribution is 5.87. The van der Waals surface area contributed by atoms with E-state index in [1.165, 1.54) is 0 Å². The smallest absolute Gasteiger partial charge is 0.181 e. The molecule has 2 unspecified atom stereocenters. The van der Waals surface area contributed by atoms with Gasteiger partial charge in [0, 0.05) is 0 Å².